The first-order chi connectivity index (χ1) is 11.0. The van der Waals surface area contributed by atoms with Crippen molar-refractivity contribution in [2.75, 3.05) is 0 Å². The van der Waals surface area contributed by atoms with Gasteiger partial charge in [-0.3, -0.25) is 4.68 Å². The van der Waals surface area contributed by atoms with Crippen LogP contribution in [0.3, 0.4) is 0 Å². The third-order valence-electron chi connectivity index (χ3n) is 5.15. The Kier molecular flexibility index (Phi) is 3.50. The van der Waals surface area contributed by atoms with Gasteiger partial charge in [0.15, 0.2) is 0 Å². The number of aliphatic hydroxyl groups is 1. The van der Waals surface area contributed by atoms with Crippen molar-refractivity contribution in [3.05, 3.63) is 47.3 Å². The number of piperidine rings is 1. The van der Waals surface area contributed by atoms with Gasteiger partial charge in [-0.15, -0.1) is 5.10 Å². The molecule has 0 amide bonds. The van der Waals surface area contributed by atoms with E-state index in [0.29, 0.717) is 12.8 Å². The van der Waals surface area contributed by atoms with Crippen molar-refractivity contribution in [2.45, 2.75) is 56.2 Å². The molecule has 0 unspecified atom stereocenters. The molecular weight excluding hydrogens is 288 g/mol. The fourth-order valence-electron chi connectivity index (χ4n) is 3.82. The van der Waals surface area contributed by atoms with Crippen LogP contribution in [0.25, 0.3) is 0 Å². The summed E-state index contributed by atoms with van der Waals surface area (Å²) >= 11 is 0. The smallest absolute Gasteiger partial charge is 0.0997 e. The Bertz CT molecular complexity index is 691. The molecule has 2 aromatic rings. The molecule has 1 aromatic carbocycles. The van der Waals surface area contributed by atoms with Crippen LogP contribution >= 0.6 is 0 Å². The molecule has 1 aliphatic heterocycles. The molecule has 1 saturated heterocycles. The van der Waals surface area contributed by atoms with Crippen molar-refractivity contribution in [3.8, 4) is 0 Å². The van der Waals surface area contributed by atoms with Gasteiger partial charge in [-0.1, -0.05) is 29.5 Å². The number of hydrogen-bond acceptors (Lipinski definition) is 4. The highest BCUT2D eigenvalue weighted by Gasteiger charge is 2.40. The number of hydrogen-bond donors (Lipinski definition) is 2. The van der Waals surface area contributed by atoms with Crippen LogP contribution in [0, 0.1) is 0 Å². The van der Waals surface area contributed by atoms with Gasteiger partial charge < -0.3 is 10.4 Å². The summed E-state index contributed by atoms with van der Waals surface area (Å²) in [5.74, 6) is 0.748. The van der Waals surface area contributed by atoms with E-state index in [4.69, 9.17) is 0 Å². The Hall–Kier alpha value is -1.72. The molecule has 0 radical (unpaired) electrons. The van der Waals surface area contributed by atoms with Gasteiger partial charge in [-0.05, 0) is 43.2 Å². The average molecular weight is 312 g/mol. The van der Waals surface area contributed by atoms with Crippen molar-refractivity contribution in [1.82, 2.24) is 20.3 Å². The summed E-state index contributed by atoms with van der Waals surface area (Å²) in [6.45, 7) is 2.12. The third-order valence-corrected chi connectivity index (χ3v) is 5.15. The molecule has 1 saturated carbocycles. The third kappa shape index (κ3) is 2.91. The van der Waals surface area contributed by atoms with Crippen molar-refractivity contribution in [2.24, 2.45) is 7.05 Å². The van der Waals surface area contributed by atoms with Crippen LogP contribution in [-0.4, -0.2) is 26.1 Å². The van der Waals surface area contributed by atoms with E-state index in [1.165, 1.54) is 18.4 Å². The van der Waals surface area contributed by atoms with Crippen LogP contribution in [0.1, 0.15) is 61.4 Å². The van der Waals surface area contributed by atoms with Gasteiger partial charge in [-0.2, -0.15) is 0 Å². The van der Waals surface area contributed by atoms with Crippen LogP contribution in [0.4, 0.5) is 0 Å². The maximum atomic E-state index is 11.3. The molecule has 4 rings (SSSR count). The summed E-state index contributed by atoms with van der Waals surface area (Å²) < 4.78 is 1.71. The lowest BCUT2D eigenvalue weighted by Crippen LogP contribution is -2.47. The predicted molar refractivity (Wildman–Crippen MR) is 87.9 cm³/mol. The van der Waals surface area contributed by atoms with Crippen LogP contribution in [0.15, 0.2) is 30.5 Å². The normalized spacial score (nSPS) is 31.3. The first-order valence-corrected chi connectivity index (χ1v) is 8.48. The van der Waals surface area contributed by atoms with E-state index < -0.39 is 5.60 Å². The van der Waals surface area contributed by atoms with Crippen LogP contribution in [0.2, 0.25) is 0 Å². The van der Waals surface area contributed by atoms with E-state index in [-0.39, 0.29) is 12.1 Å². The van der Waals surface area contributed by atoms with Gasteiger partial charge in [0.05, 0.1) is 17.3 Å². The first kappa shape index (κ1) is 14.8. The Labute approximate surface area is 136 Å². The monoisotopic (exact) mass is 312 g/mol. The SMILES string of the molecule is C[C@H]1C[C@@](O)(c2ccc(C3CC3)cc2)C[C@@H](c2cn(C)nn2)N1. The molecule has 1 aliphatic carbocycles. The molecule has 5 heteroatoms. The second-order valence-corrected chi connectivity index (χ2v) is 7.27. The van der Waals surface area contributed by atoms with Crippen molar-refractivity contribution < 1.29 is 5.11 Å². The highest BCUT2D eigenvalue weighted by molar-refractivity contribution is 5.32. The largest absolute Gasteiger partial charge is 0.385 e. The Balaban J connectivity index is 1.59. The van der Waals surface area contributed by atoms with E-state index in [0.717, 1.165) is 17.2 Å². The van der Waals surface area contributed by atoms with Crippen molar-refractivity contribution >= 4 is 0 Å². The molecule has 0 spiro atoms. The minimum atomic E-state index is -0.811. The van der Waals surface area contributed by atoms with Gasteiger partial charge in [0.2, 0.25) is 0 Å². The molecule has 3 atom stereocenters. The minimum Gasteiger partial charge on any atom is -0.385 e. The van der Waals surface area contributed by atoms with Gasteiger partial charge in [0, 0.05) is 25.7 Å². The number of nitrogens with one attached hydrogen (secondary N) is 1. The van der Waals surface area contributed by atoms with E-state index in [1.807, 2.05) is 13.2 Å². The lowest BCUT2D eigenvalue weighted by atomic mass is 9.78. The Morgan fingerprint density at radius 3 is 2.57 bits per heavy atom. The lowest BCUT2D eigenvalue weighted by molar-refractivity contribution is -0.0235. The number of rotatable bonds is 3. The summed E-state index contributed by atoms with van der Waals surface area (Å²) in [6.07, 6.45) is 5.87. The topological polar surface area (TPSA) is 63.0 Å². The minimum absolute atomic E-state index is 0.0283. The number of aryl methyl sites for hydroxylation is 1. The Morgan fingerprint density at radius 1 is 1.22 bits per heavy atom. The Morgan fingerprint density at radius 2 is 1.96 bits per heavy atom. The predicted octanol–water partition coefficient (Wildman–Crippen LogP) is 2.39. The summed E-state index contributed by atoms with van der Waals surface area (Å²) in [5.41, 5.74) is 2.51. The molecule has 23 heavy (non-hydrogen) atoms. The van der Waals surface area contributed by atoms with Gasteiger partial charge in [-0.25, -0.2) is 0 Å². The maximum absolute atomic E-state index is 11.3. The van der Waals surface area contributed by atoms with E-state index in [1.54, 1.807) is 4.68 Å². The first-order valence-electron chi connectivity index (χ1n) is 8.48. The fourth-order valence-corrected chi connectivity index (χ4v) is 3.82. The summed E-state index contributed by atoms with van der Waals surface area (Å²) in [6, 6.07) is 8.85. The molecule has 1 aromatic heterocycles. The van der Waals surface area contributed by atoms with Gasteiger partial charge in [0.25, 0.3) is 0 Å². The highest BCUT2D eigenvalue weighted by atomic mass is 16.3. The molecular formula is C18H24N4O. The van der Waals surface area contributed by atoms with Crippen molar-refractivity contribution in [1.29, 1.82) is 0 Å². The summed E-state index contributed by atoms with van der Waals surface area (Å²) in [7, 11) is 1.87. The van der Waals surface area contributed by atoms with E-state index in [9.17, 15) is 5.11 Å². The van der Waals surface area contributed by atoms with E-state index in [2.05, 4.69) is 46.8 Å². The summed E-state index contributed by atoms with van der Waals surface area (Å²) in [4.78, 5) is 0. The van der Waals surface area contributed by atoms with Crippen molar-refractivity contribution in [3.63, 3.8) is 0 Å². The standard InChI is InChI=1S/C18H24N4O/c1-12-9-18(23,10-16(19-12)17-11-22(2)21-20-17)15-7-5-14(6-8-15)13-3-4-13/h5-8,11-13,16,19,23H,3-4,9-10H2,1-2H3/t12-,16-,18-/m0/s1. The van der Waals surface area contributed by atoms with Gasteiger partial charge in [0.1, 0.15) is 0 Å². The zero-order chi connectivity index (χ0) is 16.0. The quantitative estimate of drug-likeness (QED) is 0.913. The summed E-state index contributed by atoms with van der Waals surface area (Å²) in [5, 5.41) is 23.1. The number of benzene rings is 1. The molecule has 2 fully saturated rings. The average Bonchev–Trinajstić information content (AvgIpc) is 3.28. The molecule has 2 N–H and O–H groups in total. The lowest BCUT2D eigenvalue weighted by Gasteiger charge is -2.40. The zero-order valence-corrected chi connectivity index (χ0v) is 13.7. The van der Waals surface area contributed by atoms with Crippen LogP contribution in [-0.2, 0) is 12.6 Å². The zero-order valence-electron chi connectivity index (χ0n) is 13.7. The maximum Gasteiger partial charge on any atom is 0.0997 e. The second-order valence-electron chi connectivity index (χ2n) is 7.27. The molecule has 2 aliphatic rings. The van der Waals surface area contributed by atoms with Crippen LogP contribution in [0.5, 0.6) is 0 Å². The molecule has 0 bridgehead atoms. The second kappa shape index (κ2) is 5.42. The number of nitrogens with zero attached hydrogens (tertiary/aromatic N) is 3. The number of aromatic nitrogens is 3. The molecule has 2 heterocycles. The van der Waals surface area contributed by atoms with Crippen LogP contribution < -0.4 is 5.32 Å². The van der Waals surface area contributed by atoms with E-state index >= 15 is 0 Å². The van der Waals surface area contributed by atoms with Gasteiger partial charge >= 0.3 is 0 Å². The molecule has 122 valence electrons. The highest BCUT2D eigenvalue weighted by Crippen LogP contribution is 2.43. The molecule has 5 nitrogen and oxygen atoms in total. The fraction of sp³-hybridized carbons (Fsp3) is 0.556.